The van der Waals surface area contributed by atoms with Crippen molar-refractivity contribution in [1.29, 1.82) is 0 Å². The fraction of sp³-hybridized carbons (Fsp3) is 0.375. The highest BCUT2D eigenvalue weighted by molar-refractivity contribution is 7.91. The van der Waals surface area contributed by atoms with Crippen molar-refractivity contribution in [3.05, 3.63) is 52.4 Å². The number of thiophene rings is 1. The lowest BCUT2D eigenvalue weighted by molar-refractivity contribution is 0.156. The molecule has 0 saturated carbocycles. The molecule has 0 bridgehead atoms. The predicted molar refractivity (Wildman–Crippen MR) is 98.7 cm³/mol. The fourth-order valence-corrected chi connectivity index (χ4v) is 5.45. The fourth-order valence-electron chi connectivity index (χ4n) is 3.14. The number of hydrogen-bond donors (Lipinski definition) is 1. The molecule has 3 aromatic heterocycles. The minimum absolute atomic E-state index is 0.0869. The van der Waals surface area contributed by atoms with Crippen molar-refractivity contribution in [2.75, 3.05) is 13.1 Å². The molecule has 1 aliphatic rings. The summed E-state index contributed by atoms with van der Waals surface area (Å²) in [5, 5.41) is 6.09. The van der Waals surface area contributed by atoms with Gasteiger partial charge in [0.15, 0.2) is 5.65 Å². The first-order chi connectivity index (χ1) is 12.5. The first-order valence-corrected chi connectivity index (χ1v) is 10.7. The van der Waals surface area contributed by atoms with E-state index < -0.39 is 10.0 Å². The topological polar surface area (TPSA) is 88.7 Å². The van der Waals surface area contributed by atoms with E-state index >= 15 is 0 Å². The molecule has 0 amide bonds. The monoisotopic (exact) mass is 393 g/mol. The van der Waals surface area contributed by atoms with Gasteiger partial charge in [-0.3, -0.25) is 9.30 Å². The van der Waals surface area contributed by atoms with Gasteiger partial charge in [0.05, 0.1) is 6.67 Å². The zero-order valence-electron chi connectivity index (χ0n) is 14.0. The minimum atomic E-state index is -3.44. The van der Waals surface area contributed by atoms with Gasteiger partial charge in [0.1, 0.15) is 4.21 Å². The van der Waals surface area contributed by atoms with Crippen molar-refractivity contribution in [1.82, 2.24) is 23.8 Å². The number of fused-ring (bicyclic) bond motifs is 1. The first kappa shape index (κ1) is 17.4. The minimum Gasteiger partial charge on any atom is -0.284 e. The van der Waals surface area contributed by atoms with Crippen LogP contribution in [-0.2, 0) is 16.7 Å². The van der Waals surface area contributed by atoms with E-state index in [0.717, 1.165) is 0 Å². The summed E-state index contributed by atoms with van der Waals surface area (Å²) in [6, 6.07) is 8.69. The van der Waals surface area contributed by atoms with Gasteiger partial charge in [-0.15, -0.1) is 16.4 Å². The standard InChI is InChI=1S/C16H19N5O3S2/c22-16-20-8-2-1-4-14(20)17-21(16)12-19-9-6-13(7-10-19)18-26(23,24)15-5-3-11-25-15/h1-5,8,11,13,18H,6-7,9-10,12H2. The molecule has 10 heteroatoms. The molecule has 0 aromatic carbocycles. The van der Waals surface area contributed by atoms with Crippen LogP contribution in [0.1, 0.15) is 12.8 Å². The molecule has 0 unspecified atom stereocenters. The number of hydrogen-bond acceptors (Lipinski definition) is 6. The Morgan fingerprint density at radius 1 is 1.19 bits per heavy atom. The van der Waals surface area contributed by atoms with Gasteiger partial charge in [0.25, 0.3) is 0 Å². The summed E-state index contributed by atoms with van der Waals surface area (Å²) in [6.45, 7) is 1.82. The Hall–Kier alpha value is -2.01. The molecular formula is C16H19N5O3S2. The maximum atomic E-state index is 12.3. The van der Waals surface area contributed by atoms with Crippen LogP contribution >= 0.6 is 11.3 Å². The van der Waals surface area contributed by atoms with Crippen LogP contribution in [0.2, 0.25) is 0 Å². The molecule has 1 N–H and O–H groups in total. The third kappa shape index (κ3) is 3.45. The Morgan fingerprint density at radius 3 is 2.69 bits per heavy atom. The summed E-state index contributed by atoms with van der Waals surface area (Å²) in [7, 11) is -3.44. The third-order valence-electron chi connectivity index (χ3n) is 4.49. The molecular weight excluding hydrogens is 374 g/mol. The predicted octanol–water partition coefficient (Wildman–Crippen LogP) is 0.958. The van der Waals surface area contributed by atoms with E-state index in [0.29, 0.717) is 42.5 Å². The second-order valence-corrected chi connectivity index (χ2v) is 9.19. The maximum absolute atomic E-state index is 12.3. The van der Waals surface area contributed by atoms with Gasteiger partial charge in [-0.05, 0) is 36.4 Å². The van der Waals surface area contributed by atoms with E-state index in [-0.39, 0.29) is 11.7 Å². The number of aromatic nitrogens is 3. The number of pyridine rings is 1. The highest BCUT2D eigenvalue weighted by Gasteiger charge is 2.25. The molecule has 138 valence electrons. The largest absolute Gasteiger partial charge is 0.351 e. The molecule has 4 heterocycles. The van der Waals surface area contributed by atoms with Crippen molar-refractivity contribution in [2.24, 2.45) is 0 Å². The number of likely N-dealkylation sites (tertiary alicyclic amines) is 1. The zero-order valence-corrected chi connectivity index (χ0v) is 15.6. The van der Waals surface area contributed by atoms with Gasteiger partial charge in [0, 0.05) is 25.3 Å². The quantitative estimate of drug-likeness (QED) is 0.697. The first-order valence-electron chi connectivity index (χ1n) is 8.35. The molecule has 3 aromatic rings. The lowest BCUT2D eigenvalue weighted by Gasteiger charge is -2.31. The highest BCUT2D eigenvalue weighted by Crippen LogP contribution is 2.18. The average molecular weight is 393 g/mol. The Kier molecular flexibility index (Phi) is 4.65. The number of piperidine rings is 1. The molecule has 26 heavy (non-hydrogen) atoms. The van der Waals surface area contributed by atoms with Crippen LogP contribution in [-0.4, -0.2) is 46.6 Å². The SMILES string of the molecule is O=c1n(CN2CCC(NS(=O)(=O)c3cccs3)CC2)nc2ccccn12. The molecule has 0 spiro atoms. The maximum Gasteiger partial charge on any atom is 0.351 e. The smallest absolute Gasteiger partial charge is 0.284 e. The number of rotatable bonds is 5. The van der Waals surface area contributed by atoms with Crippen molar-refractivity contribution < 1.29 is 8.42 Å². The number of nitrogens with one attached hydrogen (secondary N) is 1. The van der Waals surface area contributed by atoms with Gasteiger partial charge in [0.2, 0.25) is 10.0 Å². The van der Waals surface area contributed by atoms with Gasteiger partial charge >= 0.3 is 5.69 Å². The molecule has 1 saturated heterocycles. The second-order valence-electron chi connectivity index (χ2n) is 6.30. The van der Waals surface area contributed by atoms with Crippen LogP contribution in [0, 0.1) is 0 Å². The van der Waals surface area contributed by atoms with Crippen LogP contribution in [0.3, 0.4) is 0 Å². The van der Waals surface area contributed by atoms with E-state index in [1.165, 1.54) is 20.4 Å². The Labute approximate surface area is 154 Å². The van der Waals surface area contributed by atoms with E-state index in [4.69, 9.17) is 0 Å². The van der Waals surface area contributed by atoms with Gasteiger partial charge < -0.3 is 0 Å². The average Bonchev–Trinajstić information content (AvgIpc) is 3.27. The lowest BCUT2D eigenvalue weighted by Crippen LogP contribution is -2.45. The molecule has 0 atom stereocenters. The van der Waals surface area contributed by atoms with E-state index in [1.807, 2.05) is 6.07 Å². The van der Waals surface area contributed by atoms with Crippen molar-refractivity contribution in [3.8, 4) is 0 Å². The normalized spacial score (nSPS) is 17.1. The summed E-state index contributed by atoms with van der Waals surface area (Å²) in [6.07, 6.45) is 3.10. The molecule has 1 aliphatic heterocycles. The summed E-state index contributed by atoms with van der Waals surface area (Å²) >= 11 is 1.21. The second kappa shape index (κ2) is 6.95. The Morgan fingerprint density at radius 2 is 2.00 bits per heavy atom. The van der Waals surface area contributed by atoms with Gasteiger partial charge in [-0.25, -0.2) is 17.9 Å². The summed E-state index contributed by atoms with van der Waals surface area (Å²) in [5.74, 6) is 0. The highest BCUT2D eigenvalue weighted by atomic mass is 32.2. The summed E-state index contributed by atoms with van der Waals surface area (Å²) < 4.78 is 30.7. The van der Waals surface area contributed by atoms with Crippen molar-refractivity contribution >= 4 is 27.0 Å². The molecule has 1 fully saturated rings. The van der Waals surface area contributed by atoms with Crippen LogP contribution in [0.25, 0.3) is 5.65 Å². The summed E-state index contributed by atoms with van der Waals surface area (Å²) in [4.78, 5) is 14.4. The van der Waals surface area contributed by atoms with Crippen LogP contribution in [0.5, 0.6) is 0 Å². The van der Waals surface area contributed by atoms with Gasteiger partial charge in [-0.1, -0.05) is 12.1 Å². The van der Waals surface area contributed by atoms with Gasteiger partial charge in [-0.2, -0.15) is 4.68 Å². The lowest BCUT2D eigenvalue weighted by atomic mass is 10.1. The number of sulfonamides is 1. The van der Waals surface area contributed by atoms with E-state index in [1.54, 1.807) is 35.8 Å². The zero-order chi connectivity index (χ0) is 18.1. The van der Waals surface area contributed by atoms with Crippen LogP contribution in [0.15, 0.2) is 50.9 Å². The van der Waals surface area contributed by atoms with Crippen molar-refractivity contribution in [3.63, 3.8) is 0 Å². The third-order valence-corrected chi connectivity index (χ3v) is 7.41. The Bertz CT molecular complexity index is 1050. The molecule has 8 nitrogen and oxygen atoms in total. The van der Waals surface area contributed by atoms with E-state index in [2.05, 4.69) is 14.7 Å². The van der Waals surface area contributed by atoms with Crippen molar-refractivity contribution in [2.45, 2.75) is 29.8 Å². The van der Waals surface area contributed by atoms with E-state index in [9.17, 15) is 13.2 Å². The summed E-state index contributed by atoms with van der Waals surface area (Å²) in [5.41, 5.74) is 0.456. The van der Waals surface area contributed by atoms with Crippen LogP contribution in [0.4, 0.5) is 0 Å². The molecule has 4 rings (SSSR count). The Balaban J connectivity index is 1.38. The molecule has 0 radical (unpaired) electrons. The number of nitrogens with zero attached hydrogens (tertiary/aromatic N) is 4. The van der Waals surface area contributed by atoms with Crippen LogP contribution < -0.4 is 10.4 Å². The molecule has 0 aliphatic carbocycles.